The van der Waals surface area contributed by atoms with Crippen molar-refractivity contribution < 1.29 is 13.2 Å². The number of nitrogens with zero attached hydrogens (tertiary/aromatic N) is 2. The van der Waals surface area contributed by atoms with Gasteiger partial charge in [0, 0.05) is 25.5 Å². The Bertz CT molecular complexity index is 297. The Morgan fingerprint density at radius 1 is 1.24 bits per heavy atom. The van der Waals surface area contributed by atoms with Crippen LogP contribution in [-0.4, -0.2) is 49.3 Å². The van der Waals surface area contributed by atoms with E-state index < -0.39 is 12.2 Å². The molecule has 2 aliphatic rings. The monoisotopic (exact) mass is 270 g/mol. The SMILES string of the molecule is Cl.FC(F)(F)C1CNC(N2C=CC=NC2)CN1. The Kier molecular flexibility index (Phi) is 4.79. The predicted octanol–water partition coefficient (Wildman–Crippen LogP) is 0.716. The first-order valence-electron chi connectivity index (χ1n) is 5.03. The van der Waals surface area contributed by atoms with Gasteiger partial charge in [-0.1, -0.05) is 0 Å². The van der Waals surface area contributed by atoms with Gasteiger partial charge in [0.05, 0.1) is 6.17 Å². The maximum atomic E-state index is 12.4. The molecule has 2 unspecified atom stereocenters. The lowest BCUT2D eigenvalue weighted by molar-refractivity contribution is -0.160. The second-order valence-electron chi connectivity index (χ2n) is 3.76. The summed E-state index contributed by atoms with van der Waals surface area (Å²) in [5, 5.41) is 5.36. The maximum Gasteiger partial charge on any atom is 0.405 e. The number of hydrogen-bond acceptors (Lipinski definition) is 4. The fourth-order valence-corrected chi connectivity index (χ4v) is 1.72. The summed E-state index contributed by atoms with van der Waals surface area (Å²) in [6.07, 6.45) is 0.938. The Balaban J connectivity index is 0.00000144. The molecule has 98 valence electrons. The number of halogens is 4. The van der Waals surface area contributed by atoms with E-state index in [1.54, 1.807) is 12.3 Å². The van der Waals surface area contributed by atoms with Gasteiger partial charge >= 0.3 is 6.18 Å². The normalized spacial score (nSPS) is 29.0. The van der Waals surface area contributed by atoms with Crippen molar-refractivity contribution in [3.63, 3.8) is 0 Å². The van der Waals surface area contributed by atoms with Gasteiger partial charge in [-0.15, -0.1) is 12.4 Å². The second-order valence-corrected chi connectivity index (χ2v) is 3.76. The summed E-state index contributed by atoms with van der Waals surface area (Å²) in [4.78, 5) is 5.89. The third-order valence-electron chi connectivity index (χ3n) is 2.62. The highest BCUT2D eigenvalue weighted by Gasteiger charge is 2.42. The summed E-state index contributed by atoms with van der Waals surface area (Å²) in [5.41, 5.74) is 0. The van der Waals surface area contributed by atoms with Crippen LogP contribution in [0.25, 0.3) is 0 Å². The van der Waals surface area contributed by atoms with Crippen LogP contribution in [0, 0.1) is 0 Å². The topological polar surface area (TPSA) is 39.7 Å². The summed E-state index contributed by atoms with van der Waals surface area (Å²) in [6, 6.07) is -1.46. The molecular weight excluding hydrogens is 257 g/mol. The number of rotatable bonds is 1. The zero-order valence-electron chi connectivity index (χ0n) is 8.94. The lowest BCUT2D eigenvalue weighted by Gasteiger charge is -2.38. The third-order valence-corrected chi connectivity index (χ3v) is 2.62. The van der Waals surface area contributed by atoms with Crippen molar-refractivity contribution in [3.05, 3.63) is 12.3 Å². The molecule has 1 saturated heterocycles. The van der Waals surface area contributed by atoms with Crippen molar-refractivity contribution in [2.75, 3.05) is 19.8 Å². The van der Waals surface area contributed by atoms with Gasteiger partial charge in [-0.3, -0.25) is 10.3 Å². The maximum absolute atomic E-state index is 12.4. The molecule has 0 amide bonds. The van der Waals surface area contributed by atoms with E-state index in [4.69, 9.17) is 0 Å². The van der Waals surface area contributed by atoms with Gasteiger partial charge in [0.15, 0.2) is 0 Å². The Hall–Kier alpha value is -0.790. The van der Waals surface area contributed by atoms with Gasteiger partial charge in [0.25, 0.3) is 0 Å². The first-order valence-corrected chi connectivity index (χ1v) is 5.03. The summed E-state index contributed by atoms with van der Waals surface area (Å²) in [5.74, 6) is 0. The molecule has 8 heteroatoms. The van der Waals surface area contributed by atoms with Crippen molar-refractivity contribution >= 4 is 18.6 Å². The Morgan fingerprint density at radius 3 is 2.47 bits per heavy atom. The minimum Gasteiger partial charge on any atom is -0.342 e. The van der Waals surface area contributed by atoms with E-state index >= 15 is 0 Å². The summed E-state index contributed by atoms with van der Waals surface area (Å²) < 4.78 is 37.1. The van der Waals surface area contributed by atoms with Crippen LogP contribution in [0.1, 0.15) is 0 Å². The fourth-order valence-electron chi connectivity index (χ4n) is 1.72. The van der Waals surface area contributed by atoms with Crippen LogP contribution in [-0.2, 0) is 0 Å². The predicted molar refractivity (Wildman–Crippen MR) is 61.2 cm³/mol. The molecule has 0 aromatic heterocycles. The Labute approximate surface area is 103 Å². The molecule has 2 atom stereocenters. The van der Waals surface area contributed by atoms with Gasteiger partial charge in [-0.25, -0.2) is 0 Å². The summed E-state index contributed by atoms with van der Waals surface area (Å²) in [6.45, 7) is 0.624. The second kappa shape index (κ2) is 5.70. The molecule has 0 aromatic carbocycles. The molecule has 0 spiro atoms. The van der Waals surface area contributed by atoms with Crippen LogP contribution in [0.4, 0.5) is 13.2 Å². The first kappa shape index (κ1) is 14.3. The van der Waals surface area contributed by atoms with Crippen molar-refractivity contribution in [1.82, 2.24) is 15.5 Å². The van der Waals surface area contributed by atoms with Crippen molar-refractivity contribution in [2.24, 2.45) is 4.99 Å². The number of piperazine rings is 1. The van der Waals surface area contributed by atoms with Crippen LogP contribution in [0.3, 0.4) is 0 Å². The zero-order valence-corrected chi connectivity index (χ0v) is 9.76. The molecule has 0 saturated carbocycles. The molecule has 4 nitrogen and oxygen atoms in total. The lowest BCUT2D eigenvalue weighted by atomic mass is 10.2. The van der Waals surface area contributed by atoms with Crippen LogP contribution in [0.2, 0.25) is 0 Å². The van der Waals surface area contributed by atoms with E-state index in [1.807, 2.05) is 11.1 Å². The number of nitrogens with one attached hydrogen (secondary N) is 2. The quantitative estimate of drug-likeness (QED) is 0.737. The standard InChI is InChI=1S/C9H13F3N4.ClH/c10-9(11,12)7-4-15-8(5-14-7)16-3-1-2-13-6-16;/h1-3,7-8,14-15H,4-6H2;1H. The van der Waals surface area contributed by atoms with Gasteiger partial charge in [-0.2, -0.15) is 13.2 Å². The zero-order chi connectivity index (χ0) is 11.6. The highest BCUT2D eigenvalue weighted by atomic mass is 35.5. The van der Waals surface area contributed by atoms with Gasteiger partial charge in [-0.05, 0) is 6.08 Å². The van der Waals surface area contributed by atoms with E-state index in [0.717, 1.165) is 0 Å². The highest BCUT2D eigenvalue weighted by Crippen LogP contribution is 2.21. The van der Waals surface area contributed by atoms with E-state index in [2.05, 4.69) is 15.6 Å². The van der Waals surface area contributed by atoms with Gasteiger partial charge in [0.2, 0.25) is 0 Å². The van der Waals surface area contributed by atoms with E-state index in [0.29, 0.717) is 6.67 Å². The number of allylic oxidation sites excluding steroid dienone is 1. The van der Waals surface area contributed by atoms with Crippen molar-refractivity contribution in [1.29, 1.82) is 0 Å². The van der Waals surface area contributed by atoms with E-state index in [9.17, 15) is 13.2 Å². The smallest absolute Gasteiger partial charge is 0.342 e. The molecule has 17 heavy (non-hydrogen) atoms. The average molecular weight is 271 g/mol. The molecule has 0 aliphatic carbocycles. The lowest BCUT2D eigenvalue weighted by Crippen LogP contribution is -2.63. The molecule has 2 N–H and O–H groups in total. The minimum atomic E-state index is -4.19. The third kappa shape index (κ3) is 3.58. The summed E-state index contributed by atoms with van der Waals surface area (Å²) in [7, 11) is 0. The molecule has 1 fully saturated rings. The van der Waals surface area contributed by atoms with Crippen molar-refractivity contribution in [2.45, 2.75) is 18.4 Å². The average Bonchev–Trinajstić information content (AvgIpc) is 2.29. The molecule has 2 heterocycles. The van der Waals surface area contributed by atoms with Crippen LogP contribution in [0.15, 0.2) is 17.3 Å². The largest absolute Gasteiger partial charge is 0.405 e. The number of hydrogen-bond donors (Lipinski definition) is 2. The van der Waals surface area contributed by atoms with Gasteiger partial charge in [0.1, 0.15) is 12.7 Å². The number of aliphatic imine (C=N–C) groups is 1. The molecule has 2 rings (SSSR count). The van der Waals surface area contributed by atoms with E-state index in [-0.39, 0.29) is 31.7 Å². The minimum absolute atomic E-state index is 0. The van der Waals surface area contributed by atoms with Gasteiger partial charge < -0.3 is 10.2 Å². The molecule has 0 aromatic rings. The van der Waals surface area contributed by atoms with E-state index in [1.165, 1.54) is 0 Å². The van der Waals surface area contributed by atoms with Crippen LogP contribution in [0.5, 0.6) is 0 Å². The molecule has 0 radical (unpaired) electrons. The highest BCUT2D eigenvalue weighted by molar-refractivity contribution is 5.85. The Morgan fingerprint density at radius 2 is 2.00 bits per heavy atom. The number of alkyl halides is 3. The van der Waals surface area contributed by atoms with Crippen LogP contribution < -0.4 is 10.6 Å². The first-order chi connectivity index (χ1) is 7.57. The molecular formula is C9H14ClF3N4. The molecule has 2 aliphatic heterocycles. The molecule has 0 bridgehead atoms. The summed E-state index contributed by atoms with van der Waals surface area (Å²) >= 11 is 0. The fraction of sp³-hybridized carbons (Fsp3) is 0.667. The van der Waals surface area contributed by atoms with Crippen molar-refractivity contribution in [3.8, 4) is 0 Å². The van der Waals surface area contributed by atoms with Crippen LogP contribution >= 0.6 is 12.4 Å².